The van der Waals surface area contributed by atoms with Gasteiger partial charge in [-0.3, -0.25) is 9.59 Å². The molecule has 0 aliphatic carbocycles. The van der Waals surface area contributed by atoms with Crippen LogP contribution in [0.3, 0.4) is 0 Å². The van der Waals surface area contributed by atoms with Crippen LogP contribution in [0.4, 0.5) is 0 Å². The summed E-state index contributed by atoms with van der Waals surface area (Å²) in [6.45, 7) is 3.87. The number of hydrogen-bond donors (Lipinski definition) is 1. The Bertz CT molecular complexity index is 842. The van der Waals surface area contributed by atoms with E-state index in [1.807, 2.05) is 42.5 Å². The van der Waals surface area contributed by atoms with Gasteiger partial charge < -0.3 is 5.11 Å². The molecule has 0 bridgehead atoms. The van der Waals surface area contributed by atoms with Gasteiger partial charge in [0, 0.05) is 12.0 Å². The molecule has 2 rings (SSSR count). The maximum absolute atomic E-state index is 11.1. The van der Waals surface area contributed by atoms with E-state index in [9.17, 15) is 9.59 Å². The van der Waals surface area contributed by atoms with Crippen molar-refractivity contribution in [2.24, 2.45) is 0 Å². The third-order valence-corrected chi connectivity index (χ3v) is 7.15. The van der Waals surface area contributed by atoms with Crippen molar-refractivity contribution in [3.63, 3.8) is 0 Å². The summed E-state index contributed by atoms with van der Waals surface area (Å²) in [6, 6.07) is 13.8. The van der Waals surface area contributed by atoms with Gasteiger partial charge in [0.2, 0.25) is 0 Å². The number of hydrogen-bond acceptors (Lipinski definition) is 2. The van der Waals surface area contributed by atoms with Gasteiger partial charge in [-0.05, 0) is 30.2 Å². The second kappa shape index (κ2) is 23.0. The Morgan fingerprint density at radius 3 is 1.38 bits per heavy atom. The van der Waals surface area contributed by atoms with Crippen LogP contribution in [0.2, 0.25) is 0 Å². The molecule has 0 heterocycles. The number of carbonyl (C=O) groups is 2. The highest BCUT2D eigenvalue weighted by atomic mass is 16.4. The molecule has 1 N–H and O–H groups in total. The summed E-state index contributed by atoms with van der Waals surface area (Å²) in [4.78, 5) is 21.5. The molecule has 3 heteroatoms. The highest BCUT2D eigenvalue weighted by Crippen LogP contribution is 2.16. The lowest BCUT2D eigenvalue weighted by atomic mass is 10.0. The van der Waals surface area contributed by atoms with Gasteiger partial charge in [0.1, 0.15) is 0 Å². The van der Waals surface area contributed by atoms with E-state index >= 15 is 0 Å². The molecular weight excluding hydrogens is 456 g/mol. The normalized spacial score (nSPS) is 10.8. The molecule has 0 aliphatic rings. The topological polar surface area (TPSA) is 54.4 Å². The van der Waals surface area contributed by atoms with Gasteiger partial charge in [0.15, 0.2) is 5.78 Å². The Morgan fingerprint density at radius 1 is 0.568 bits per heavy atom. The van der Waals surface area contributed by atoms with Crippen molar-refractivity contribution in [3.8, 4) is 0 Å². The predicted octanol–water partition coefficient (Wildman–Crippen LogP) is 10.9. The number of carbonyl (C=O) groups excluding carboxylic acids is 1. The number of ketones is 1. The maximum atomic E-state index is 11.1. The monoisotopic (exact) mass is 510 g/mol. The quantitative estimate of drug-likeness (QED) is 0.134. The summed E-state index contributed by atoms with van der Waals surface area (Å²) in [5.41, 5.74) is 0.777. The maximum Gasteiger partial charge on any atom is 0.303 e. The van der Waals surface area contributed by atoms with Crippen molar-refractivity contribution < 1.29 is 14.7 Å². The number of benzene rings is 2. The zero-order valence-corrected chi connectivity index (χ0v) is 23.9. The minimum Gasteiger partial charge on any atom is -0.481 e. The number of carboxylic acids is 1. The zero-order chi connectivity index (χ0) is 27.0. The number of unbranched alkanes of at least 4 members (excludes halogenated alkanes) is 18. The first-order valence-corrected chi connectivity index (χ1v) is 15.3. The zero-order valence-electron chi connectivity index (χ0n) is 23.9. The Hall–Kier alpha value is -2.16. The lowest BCUT2D eigenvalue weighted by molar-refractivity contribution is -0.137. The molecule has 2 aromatic rings. The van der Waals surface area contributed by atoms with E-state index in [1.54, 1.807) is 6.92 Å². The molecule has 0 spiro atoms. The van der Waals surface area contributed by atoms with Crippen LogP contribution in [-0.2, 0) is 4.79 Å². The second-order valence-electron chi connectivity index (χ2n) is 10.6. The van der Waals surface area contributed by atoms with Crippen molar-refractivity contribution >= 4 is 22.5 Å². The highest BCUT2D eigenvalue weighted by Gasteiger charge is 1.99. The summed E-state index contributed by atoms with van der Waals surface area (Å²) in [5.74, 6) is -0.535. The summed E-state index contributed by atoms with van der Waals surface area (Å²) in [7, 11) is 0. The summed E-state index contributed by atoms with van der Waals surface area (Å²) < 4.78 is 0. The first-order valence-electron chi connectivity index (χ1n) is 15.3. The summed E-state index contributed by atoms with van der Waals surface area (Å²) >= 11 is 0. The highest BCUT2D eigenvalue weighted by molar-refractivity contribution is 5.98. The van der Waals surface area contributed by atoms with E-state index in [-0.39, 0.29) is 5.78 Å². The van der Waals surface area contributed by atoms with Gasteiger partial charge in [-0.1, -0.05) is 159 Å². The van der Waals surface area contributed by atoms with Gasteiger partial charge in [-0.2, -0.15) is 0 Å². The third-order valence-electron chi connectivity index (χ3n) is 7.15. The first-order chi connectivity index (χ1) is 18.0. The minimum absolute atomic E-state index is 0.116. The molecule has 208 valence electrons. The van der Waals surface area contributed by atoms with Gasteiger partial charge in [-0.15, -0.1) is 0 Å². The fraction of sp³-hybridized carbons (Fsp3) is 0.647. The van der Waals surface area contributed by atoms with E-state index in [4.69, 9.17) is 5.11 Å². The SMILES string of the molecule is CC(=O)c1ccc2ccccc2c1.CCCCCCCCCCCCCCCCCCCCCC(=O)O. The lowest BCUT2D eigenvalue weighted by Gasteiger charge is -2.03. The molecule has 0 fully saturated rings. The number of Topliss-reactive ketones (excluding diaryl/α,β-unsaturated/α-hetero) is 1. The average Bonchev–Trinajstić information content (AvgIpc) is 2.90. The first kappa shape index (κ1) is 32.9. The summed E-state index contributed by atoms with van der Waals surface area (Å²) in [6.07, 6.45) is 26.1. The molecule has 0 unspecified atom stereocenters. The van der Waals surface area contributed by atoms with Crippen molar-refractivity contribution in [1.29, 1.82) is 0 Å². The molecule has 0 saturated carbocycles. The number of rotatable bonds is 21. The van der Waals surface area contributed by atoms with Crippen molar-refractivity contribution in [2.75, 3.05) is 0 Å². The average molecular weight is 511 g/mol. The fourth-order valence-electron chi connectivity index (χ4n) is 4.76. The standard InChI is InChI=1S/C22H44O2.C12H10O/c1-2-3-4-5-6-7-8-9-10-11-12-13-14-15-16-17-18-19-20-21-22(23)24;1-9(13)11-7-6-10-4-2-3-5-12(10)8-11/h2-21H2,1H3,(H,23,24);2-8H,1H3. The van der Waals surface area contributed by atoms with Gasteiger partial charge >= 0.3 is 5.97 Å². The molecule has 37 heavy (non-hydrogen) atoms. The van der Waals surface area contributed by atoms with Crippen LogP contribution in [-0.4, -0.2) is 16.9 Å². The molecular formula is C34H54O3. The van der Waals surface area contributed by atoms with Crippen LogP contribution in [0.15, 0.2) is 42.5 Å². The molecule has 0 amide bonds. The second-order valence-corrected chi connectivity index (χ2v) is 10.6. The summed E-state index contributed by atoms with van der Waals surface area (Å²) in [5, 5.41) is 10.9. The van der Waals surface area contributed by atoms with Crippen LogP contribution in [0.25, 0.3) is 10.8 Å². The molecule has 3 nitrogen and oxygen atoms in total. The van der Waals surface area contributed by atoms with E-state index < -0.39 is 5.97 Å². The molecule has 0 aliphatic heterocycles. The Kier molecular flexibility index (Phi) is 20.4. The molecule has 0 radical (unpaired) electrons. The van der Waals surface area contributed by atoms with Crippen LogP contribution in [0.1, 0.15) is 153 Å². The minimum atomic E-state index is -0.651. The Labute approximate surface area is 227 Å². The van der Waals surface area contributed by atoms with E-state index in [0.29, 0.717) is 6.42 Å². The molecule has 0 atom stereocenters. The lowest BCUT2D eigenvalue weighted by Crippen LogP contribution is -1.93. The van der Waals surface area contributed by atoms with Crippen LogP contribution < -0.4 is 0 Å². The fourth-order valence-corrected chi connectivity index (χ4v) is 4.76. The predicted molar refractivity (Wildman–Crippen MR) is 160 cm³/mol. The van der Waals surface area contributed by atoms with E-state index in [2.05, 4.69) is 6.92 Å². The van der Waals surface area contributed by atoms with Crippen molar-refractivity contribution in [2.45, 2.75) is 142 Å². The van der Waals surface area contributed by atoms with Gasteiger partial charge in [0.05, 0.1) is 0 Å². The van der Waals surface area contributed by atoms with E-state index in [1.165, 1.54) is 115 Å². The van der Waals surface area contributed by atoms with Crippen molar-refractivity contribution in [3.05, 3.63) is 48.0 Å². The number of aliphatic carboxylic acids is 1. The molecule has 2 aromatic carbocycles. The van der Waals surface area contributed by atoms with E-state index in [0.717, 1.165) is 23.8 Å². The Balaban J connectivity index is 0.000000435. The van der Waals surface area contributed by atoms with Gasteiger partial charge in [0.25, 0.3) is 0 Å². The largest absolute Gasteiger partial charge is 0.481 e. The number of fused-ring (bicyclic) bond motifs is 1. The Morgan fingerprint density at radius 2 is 0.973 bits per heavy atom. The smallest absolute Gasteiger partial charge is 0.303 e. The van der Waals surface area contributed by atoms with Gasteiger partial charge in [-0.25, -0.2) is 0 Å². The molecule has 0 aromatic heterocycles. The van der Waals surface area contributed by atoms with Crippen LogP contribution >= 0.6 is 0 Å². The molecule has 0 saturated heterocycles. The third kappa shape index (κ3) is 18.7. The number of carboxylic acid groups (broad SMARTS) is 1. The van der Waals surface area contributed by atoms with Crippen LogP contribution in [0, 0.1) is 0 Å². The van der Waals surface area contributed by atoms with Crippen LogP contribution in [0.5, 0.6) is 0 Å². The van der Waals surface area contributed by atoms with Crippen molar-refractivity contribution in [1.82, 2.24) is 0 Å².